The van der Waals surface area contributed by atoms with Gasteiger partial charge in [-0.15, -0.1) is 0 Å². The monoisotopic (exact) mass is 497 g/mol. The standard InChI is InChI=1S/C28H36FN3O4/c1-18-14-32(15-20-6-5-7-22(29)12-20)19(2)17-36-25-11-10-23(30-27(33)21-8-9-21)13-24(25)28(34)31(3)16-26(18)35-4/h5-7,10-13,18-19,21,26H,8-9,14-17H2,1-4H3,(H,30,33)/t18-,19+,26-/m0/s1. The van der Waals surface area contributed by atoms with E-state index >= 15 is 0 Å². The second-order valence-electron chi connectivity index (χ2n) is 10.1. The number of ether oxygens (including phenoxy) is 2. The molecule has 1 N–H and O–H groups in total. The van der Waals surface area contributed by atoms with Gasteiger partial charge in [-0.25, -0.2) is 4.39 Å². The van der Waals surface area contributed by atoms with Crippen LogP contribution in [0.15, 0.2) is 42.5 Å². The molecule has 0 spiro atoms. The molecular formula is C28H36FN3O4. The van der Waals surface area contributed by atoms with Crippen LogP contribution in [0.25, 0.3) is 0 Å². The SMILES string of the molecule is CO[C@H]1CN(C)C(=O)c2cc(NC(=O)C3CC3)ccc2OC[C@@H](C)N(Cc2cccc(F)c2)C[C@@H]1C. The number of halogens is 1. The van der Waals surface area contributed by atoms with Gasteiger partial charge in [-0.05, 0) is 61.6 Å². The molecule has 0 aromatic heterocycles. The summed E-state index contributed by atoms with van der Waals surface area (Å²) in [6.45, 7) is 6.17. The first-order chi connectivity index (χ1) is 17.2. The largest absolute Gasteiger partial charge is 0.491 e. The molecule has 4 rings (SSSR count). The first-order valence-electron chi connectivity index (χ1n) is 12.6. The summed E-state index contributed by atoms with van der Waals surface area (Å²) in [5.41, 5.74) is 1.87. The number of carbonyl (C=O) groups is 2. The fourth-order valence-electron chi connectivity index (χ4n) is 4.61. The number of nitrogens with one attached hydrogen (secondary N) is 1. The van der Waals surface area contributed by atoms with Gasteiger partial charge in [-0.1, -0.05) is 19.1 Å². The number of hydrogen-bond donors (Lipinski definition) is 1. The first-order valence-corrected chi connectivity index (χ1v) is 12.6. The minimum Gasteiger partial charge on any atom is -0.491 e. The van der Waals surface area contributed by atoms with E-state index in [2.05, 4.69) is 24.1 Å². The summed E-state index contributed by atoms with van der Waals surface area (Å²) in [4.78, 5) is 29.6. The lowest BCUT2D eigenvalue weighted by Gasteiger charge is -2.36. The van der Waals surface area contributed by atoms with Crippen LogP contribution >= 0.6 is 0 Å². The van der Waals surface area contributed by atoms with E-state index in [0.717, 1.165) is 18.4 Å². The van der Waals surface area contributed by atoms with Crippen molar-refractivity contribution < 1.29 is 23.5 Å². The number of fused-ring (bicyclic) bond motifs is 1. The summed E-state index contributed by atoms with van der Waals surface area (Å²) in [5, 5.41) is 2.92. The number of hydrogen-bond acceptors (Lipinski definition) is 5. The van der Waals surface area contributed by atoms with Crippen LogP contribution in [0, 0.1) is 17.7 Å². The van der Waals surface area contributed by atoms with Crippen LogP contribution in [0.1, 0.15) is 42.6 Å². The molecular weight excluding hydrogens is 461 g/mol. The average molecular weight is 498 g/mol. The van der Waals surface area contributed by atoms with Crippen molar-refractivity contribution in [2.24, 2.45) is 11.8 Å². The number of rotatable bonds is 5. The predicted molar refractivity (Wildman–Crippen MR) is 136 cm³/mol. The third kappa shape index (κ3) is 6.42. The first kappa shape index (κ1) is 26.1. The van der Waals surface area contributed by atoms with Gasteiger partial charge in [0, 0.05) is 51.4 Å². The van der Waals surface area contributed by atoms with E-state index in [1.165, 1.54) is 6.07 Å². The van der Waals surface area contributed by atoms with Crippen molar-refractivity contribution in [1.29, 1.82) is 0 Å². The van der Waals surface area contributed by atoms with Gasteiger partial charge in [0.2, 0.25) is 5.91 Å². The average Bonchev–Trinajstić information content (AvgIpc) is 3.70. The molecule has 36 heavy (non-hydrogen) atoms. The normalized spacial score (nSPS) is 23.8. The zero-order valence-electron chi connectivity index (χ0n) is 21.5. The Morgan fingerprint density at radius 2 is 1.94 bits per heavy atom. The fraction of sp³-hybridized carbons (Fsp3) is 0.500. The Bertz CT molecular complexity index is 1090. The van der Waals surface area contributed by atoms with Crippen LogP contribution in [0.4, 0.5) is 10.1 Å². The zero-order chi connectivity index (χ0) is 25.8. The molecule has 3 atom stereocenters. The van der Waals surface area contributed by atoms with Gasteiger partial charge in [-0.3, -0.25) is 14.5 Å². The van der Waals surface area contributed by atoms with Gasteiger partial charge in [0.15, 0.2) is 0 Å². The summed E-state index contributed by atoms with van der Waals surface area (Å²) in [6.07, 6.45) is 1.62. The summed E-state index contributed by atoms with van der Waals surface area (Å²) in [7, 11) is 3.41. The number of methoxy groups -OCH3 is 1. The van der Waals surface area contributed by atoms with Gasteiger partial charge in [0.25, 0.3) is 5.91 Å². The maximum atomic E-state index is 13.9. The summed E-state index contributed by atoms with van der Waals surface area (Å²) < 4.78 is 25.8. The molecule has 2 aromatic carbocycles. The highest BCUT2D eigenvalue weighted by Gasteiger charge is 2.31. The lowest BCUT2D eigenvalue weighted by atomic mass is 10.0. The van der Waals surface area contributed by atoms with E-state index in [0.29, 0.717) is 43.2 Å². The number of benzene rings is 2. The molecule has 1 aliphatic carbocycles. The van der Waals surface area contributed by atoms with Crippen LogP contribution in [0.5, 0.6) is 5.75 Å². The second kappa shape index (κ2) is 11.4. The Labute approximate surface area is 212 Å². The van der Waals surface area contributed by atoms with Crippen LogP contribution in [-0.4, -0.2) is 67.6 Å². The molecule has 1 heterocycles. The maximum absolute atomic E-state index is 13.9. The van der Waals surface area contributed by atoms with Crippen LogP contribution < -0.4 is 10.1 Å². The summed E-state index contributed by atoms with van der Waals surface area (Å²) in [5.74, 6) is 0.175. The molecule has 7 nitrogen and oxygen atoms in total. The Balaban J connectivity index is 1.62. The molecule has 1 fully saturated rings. The number of carbonyl (C=O) groups excluding carboxylic acids is 2. The molecule has 8 heteroatoms. The van der Waals surface area contributed by atoms with E-state index < -0.39 is 0 Å². The molecule has 1 saturated carbocycles. The maximum Gasteiger partial charge on any atom is 0.257 e. The molecule has 0 radical (unpaired) electrons. The fourth-order valence-corrected chi connectivity index (χ4v) is 4.61. The van der Waals surface area contributed by atoms with Gasteiger partial charge in [-0.2, -0.15) is 0 Å². The minimum atomic E-state index is -0.257. The van der Waals surface area contributed by atoms with Crippen molar-refractivity contribution >= 4 is 17.5 Å². The lowest BCUT2D eigenvalue weighted by Crippen LogP contribution is -2.46. The highest BCUT2D eigenvalue weighted by Crippen LogP contribution is 2.31. The second-order valence-corrected chi connectivity index (χ2v) is 10.1. The number of likely N-dealkylation sites (N-methyl/N-ethyl adjacent to an activating group) is 1. The molecule has 2 aliphatic rings. The van der Waals surface area contributed by atoms with Crippen molar-refractivity contribution in [2.75, 3.05) is 39.2 Å². The molecule has 0 unspecified atom stereocenters. The summed E-state index contributed by atoms with van der Waals surface area (Å²) >= 11 is 0. The van der Waals surface area contributed by atoms with Crippen LogP contribution in [0.2, 0.25) is 0 Å². The van der Waals surface area contributed by atoms with Gasteiger partial charge >= 0.3 is 0 Å². The van der Waals surface area contributed by atoms with E-state index in [1.807, 2.05) is 6.07 Å². The third-order valence-corrected chi connectivity index (χ3v) is 7.06. The number of nitrogens with zero attached hydrogens (tertiary/aromatic N) is 2. The van der Waals surface area contributed by atoms with Gasteiger partial charge in [0.1, 0.15) is 18.2 Å². The molecule has 2 amide bonds. The minimum absolute atomic E-state index is 0.0115. The number of amides is 2. The van der Waals surface area contributed by atoms with E-state index in [-0.39, 0.29) is 41.6 Å². The van der Waals surface area contributed by atoms with Crippen molar-refractivity contribution in [3.8, 4) is 5.75 Å². The molecule has 194 valence electrons. The van der Waals surface area contributed by atoms with Crippen molar-refractivity contribution in [3.63, 3.8) is 0 Å². The van der Waals surface area contributed by atoms with Crippen molar-refractivity contribution in [2.45, 2.75) is 45.4 Å². The zero-order valence-corrected chi connectivity index (χ0v) is 21.5. The lowest BCUT2D eigenvalue weighted by molar-refractivity contribution is -0.117. The smallest absolute Gasteiger partial charge is 0.257 e. The molecule has 0 saturated heterocycles. The molecule has 0 bridgehead atoms. The van der Waals surface area contributed by atoms with Crippen molar-refractivity contribution in [3.05, 3.63) is 59.4 Å². The number of anilines is 1. The Hall–Kier alpha value is -2.97. The third-order valence-electron chi connectivity index (χ3n) is 7.06. The molecule has 1 aliphatic heterocycles. The van der Waals surface area contributed by atoms with E-state index in [1.54, 1.807) is 49.4 Å². The Morgan fingerprint density at radius 1 is 1.17 bits per heavy atom. The van der Waals surface area contributed by atoms with Crippen LogP contribution in [0.3, 0.4) is 0 Å². The van der Waals surface area contributed by atoms with Gasteiger partial charge in [0.05, 0.1) is 11.7 Å². The Kier molecular flexibility index (Phi) is 8.26. The predicted octanol–water partition coefficient (Wildman–Crippen LogP) is 4.18. The summed E-state index contributed by atoms with van der Waals surface area (Å²) in [6, 6.07) is 11.8. The van der Waals surface area contributed by atoms with Crippen LogP contribution in [-0.2, 0) is 16.1 Å². The van der Waals surface area contributed by atoms with Crippen molar-refractivity contribution in [1.82, 2.24) is 9.80 Å². The highest BCUT2D eigenvalue weighted by atomic mass is 19.1. The molecule has 2 aromatic rings. The highest BCUT2D eigenvalue weighted by molar-refractivity contribution is 6.00. The quantitative estimate of drug-likeness (QED) is 0.671. The van der Waals surface area contributed by atoms with E-state index in [9.17, 15) is 14.0 Å². The Morgan fingerprint density at radius 3 is 2.64 bits per heavy atom. The topological polar surface area (TPSA) is 71.1 Å². The van der Waals surface area contributed by atoms with Gasteiger partial charge < -0.3 is 19.7 Å². The van der Waals surface area contributed by atoms with E-state index in [4.69, 9.17) is 9.47 Å².